The van der Waals surface area contributed by atoms with Gasteiger partial charge in [-0.3, -0.25) is 4.79 Å². The predicted molar refractivity (Wildman–Crippen MR) is 121 cm³/mol. The van der Waals surface area contributed by atoms with Gasteiger partial charge in [-0.25, -0.2) is 0 Å². The van der Waals surface area contributed by atoms with Crippen LogP contribution in [-0.2, 0) is 11.4 Å². The Labute approximate surface area is 185 Å². The number of nitrogens with zero attached hydrogens (tertiary/aromatic N) is 1. The van der Waals surface area contributed by atoms with Gasteiger partial charge in [0.2, 0.25) is 0 Å². The number of aryl methyl sites for hydroxylation is 1. The molecule has 3 aromatic carbocycles. The van der Waals surface area contributed by atoms with Crippen LogP contribution in [0.3, 0.4) is 0 Å². The molecule has 0 saturated carbocycles. The van der Waals surface area contributed by atoms with E-state index >= 15 is 0 Å². The van der Waals surface area contributed by atoms with Gasteiger partial charge in [0.05, 0.1) is 0 Å². The lowest BCUT2D eigenvalue weighted by molar-refractivity contribution is -0.112. The Morgan fingerprint density at radius 2 is 1.83 bits per heavy atom. The largest absolute Gasteiger partial charge is 0.488 e. The summed E-state index contributed by atoms with van der Waals surface area (Å²) >= 11 is 12.1. The van der Waals surface area contributed by atoms with Gasteiger partial charge in [0.25, 0.3) is 5.91 Å². The molecule has 0 bridgehead atoms. The molecule has 0 saturated heterocycles. The summed E-state index contributed by atoms with van der Waals surface area (Å²) in [5.41, 5.74) is 3.05. The van der Waals surface area contributed by atoms with Gasteiger partial charge in [0.1, 0.15) is 24.0 Å². The number of carbonyl (C=O) groups is 1. The van der Waals surface area contributed by atoms with Crippen LogP contribution < -0.4 is 10.1 Å². The highest BCUT2D eigenvalue weighted by atomic mass is 35.5. The summed E-state index contributed by atoms with van der Waals surface area (Å²) in [6.45, 7) is 2.18. The minimum absolute atomic E-state index is 0.0313. The van der Waals surface area contributed by atoms with E-state index in [-0.39, 0.29) is 12.2 Å². The van der Waals surface area contributed by atoms with Crippen molar-refractivity contribution in [2.24, 2.45) is 0 Å². The van der Waals surface area contributed by atoms with Gasteiger partial charge in [0, 0.05) is 26.9 Å². The minimum Gasteiger partial charge on any atom is -0.488 e. The maximum atomic E-state index is 12.5. The number of amides is 1. The number of rotatable bonds is 6. The van der Waals surface area contributed by atoms with E-state index in [9.17, 15) is 10.1 Å². The van der Waals surface area contributed by atoms with Crippen molar-refractivity contribution in [3.05, 3.63) is 99.0 Å². The van der Waals surface area contributed by atoms with Crippen LogP contribution in [0.1, 0.15) is 16.7 Å². The first kappa shape index (κ1) is 21.4. The summed E-state index contributed by atoms with van der Waals surface area (Å²) in [7, 11) is 0. The van der Waals surface area contributed by atoms with Gasteiger partial charge in [0.15, 0.2) is 0 Å². The average Bonchev–Trinajstić information content (AvgIpc) is 2.73. The Morgan fingerprint density at radius 1 is 1.10 bits per heavy atom. The highest BCUT2D eigenvalue weighted by Crippen LogP contribution is 2.26. The maximum absolute atomic E-state index is 12.5. The number of ether oxygens (including phenoxy) is 1. The molecule has 0 fully saturated rings. The number of para-hydroxylation sites is 1. The molecule has 0 aromatic heterocycles. The van der Waals surface area contributed by atoms with Crippen LogP contribution in [0.15, 0.2) is 72.3 Å². The third-order valence-electron chi connectivity index (χ3n) is 4.29. The van der Waals surface area contributed by atoms with E-state index in [4.69, 9.17) is 27.9 Å². The van der Waals surface area contributed by atoms with Crippen molar-refractivity contribution in [2.45, 2.75) is 13.5 Å². The van der Waals surface area contributed by atoms with E-state index in [2.05, 4.69) is 5.32 Å². The van der Waals surface area contributed by atoms with Crippen LogP contribution in [0.2, 0.25) is 10.0 Å². The second-order valence-corrected chi connectivity index (χ2v) is 7.40. The van der Waals surface area contributed by atoms with Crippen molar-refractivity contribution in [3.63, 3.8) is 0 Å². The molecule has 1 N–H and O–H groups in total. The Hall–Kier alpha value is -3.26. The van der Waals surface area contributed by atoms with E-state index in [1.807, 2.05) is 31.2 Å². The number of halogens is 2. The molecule has 0 radical (unpaired) electrons. The van der Waals surface area contributed by atoms with Gasteiger partial charge >= 0.3 is 0 Å². The average molecular weight is 437 g/mol. The Balaban J connectivity index is 1.78. The van der Waals surface area contributed by atoms with Gasteiger partial charge < -0.3 is 10.1 Å². The first-order chi connectivity index (χ1) is 14.5. The molecular formula is C24H18Cl2N2O2. The van der Waals surface area contributed by atoms with E-state index in [1.54, 1.807) is 48.5 Å². The zero-order valence-electron chi connectivity index (χ0n) is 16.2. The van der Waals surface area contributed by atoms with Crippen molar-refractivity contribution in [1.82, 2.24) is 0 Å². The number of anilines is 1. The highest BCUT2D eigenvalue weighted by Gasteiger charge is 2.12. The topological polar surface area (TPSA) is 62.1 Å². The summed E-state index contributed by atoms with van der Waals surface area (Å²) in [5.74, 6) is 0.0382. The Bertz CT molecular complexity index is 1130. The normalized spacial score (nSPS) is 10.9. The highest BCUT2D eigenvalue weighted by molar-refractivity contribution is 6.35. The van der Waals surface area contributed by atoms with E-state index < -0.39 is 5.91 Å². The molecule has 0 unspecified atom stereocenters. The molecule has 30 heavy (non-hydrogen) atoms. The summed E-state index contributed by atoms with van der Waals surface area (Å²) in [4.78, 5) is 12.5. The van der Waals surface area contributed by atoms with Crippen LogP contribution in [-0.4, -0.2) is 5.91 Å². The minimum atomic E-state index is -0.489. The number of benzene rings is 3. The zero-order valence-corrected chi connectivity index (χ0v) is 17.7. The zero-order chi connectivity index (χ0) is 21.5. The second kappa shape index (κ2) is 9.98. The molecular weight excluding hydrogens is 419 g/mol. The molecule has 1 amide bonds. The molecule has 150 valence electrons. The standard InChI is InChI=1S/C24H18Cl2N2O2/c1-16-6-10-21(11-7-16)28-24(29)19(14-27)12-17-4-2-3-5-23(17)30-15-18-8-9-20(25)13-22(18)26/h2-13H,15H2,1H3,(H,28,29)/b19-12+. The fraction of sp³-hybridized carbons (Fsp3) is 0.0833. The molecule has 3 rings (SSSR count). The summed E-state index contributed by atoms with van der Waals surface area (Å²) in [6, 6.07) is 21.6. The summed E-state index contributed by atoms with van der Waals surface area (Å²) in [6.07, 6.45) is 1.50. The lowest BCUT2D eigenvalue weighted by Crippen LogP contribution is -2.13. The maximum Gasteiger partial charge on any atom is 0.266 e. The van der Waals surface area contributed by atoms with Crippen molar-refractivity contribution in [3.8, 4) is 11.8 Å². The van der Waals surface area contributed by atoms with Crippen molar-refractivity contribution >= 4 is 40.9 Å². The molecule has 3 aromatic rings. The molecule has 0 heterocycles. The second-order valence-electron chi connectivity index (χ2n) is 6.55. The number of hydrogen-bond donors (Lipinski definition) is 1. The lowest BCUT2D eigenvalue weighted by Gasteiger charge is -2.11. The van der Waals surface area contributed by atoms with Crippen LogP contribution >= 0.6 is 23.2 Å². The molecule has 6 heteroatoms. The van der Waals surface area contributed by atoms with Crippen molar-refractivity contribution in [2.75, 3.05) is 5.32 Å². The van der Waals surface area contributed by atoms with Crippen molar-refractivity contribution in [1.29, 1.82) is 5.26 Å². The smallest absolute Gasteiger partial charge is 0.266 e. The number of nitrogens with one attached hydrogen (secondary N) is 1. The first-order valence-corrected chi connectivity index (χ1v) is 9.87. The molecule has 0 aliphatic heterocycles. The van der Waals surface area contributed by atoms with Crippen LogP contribution in [0.25, 0.3) is 6.08 Å². The SMILES string of the molecule is Cc1ccc(NC(=O)/C(C#N)=C/c2ccccc2OCc2ccc(Cl)cc2Cl)cc1. The van der Waals surface area contributed by atoms with Crippen LogP contribution in [0.4, 0.5) is 5.69 Å². The molecule has 0 spiro atoms. The number of nitriles is 1. The van der Waals surface area contributed by atoms with Gasteiger partial charge in [-0.15, -0.1) is 0 Å². The third-order valence-corrected chi connectivity index (χ3v) is 4.88. The fourth-order valence-corrected chi connectivity index (χ4v) is 3.13. The monoisotopic (exact) mass is 436 g/mol. The molecule has 0 atom stereocenters. The number of hydrogen-bond acceptors (Lipinski definition) is 3. The quantitative estimate of drug-likeness (QED) is 0.357. The van der Waals surface area contributed by atoms with E-state index in [0.717, 1.165) is 11.1 Å². The summed E-state index contributed by atoms with van der Waals surface area (Å²) < 4.78 is 5.89. The van der Waals surface area contributed by atoms with Gasteiger partial charge in [-0.05, 0) is 43.3 Å². The molecule has 0 aliphatic carbocycles. The van der Waals surface area contributed by atoms with E-state index in [0.29, 0.717) is 27.0 Å². The van der Waals surface area contributed by atoms with E-state index in [1.165, 1.54) is 6.08 Å². The first-order valence-electron chi connectivity index (χ1n) is 9.12. The lowest BCUT2D eigenvalue weighted by atomic mass is 10.1. The third kappa shape index (κ3) is 5.64. The van der Waals surface area contributed by atoms with Crippen LogP contribution in [0, 0.1) is 18.3 Å². The predicted octanol–water partition coefficient (Wildman–Crippen LogP) is 6.43. The Kier molecular flexibility index (Phi) is 7.13. The molecule has 4 nitrogen and oxygen atoms in total. The van der Waals surface area contributed by atoms with Crippen LogP contribution in [0.5, 0.6) is 5.75 Å². The van der Waals surface area contributed by atoms with Gasteiger partial charge in [-0.1, -0.05) is 65.2 Å². The summed E-state index contributed by atoms with van der Waals surface area (Å²) in [5, 5.41) is 13.3. The molecule has 0 aliphatic rings. The number of carbonyl (C=O) groups excluding carboxylic acids is 1. The Morgan fingerprint density at radius 3 is 2.53 bits per heavy atom. The van der Waals surface area contributed by atoms with Crippen molar-refractivity contribution < 1.29 is 9.53 Å². The fourth-order valence-electron chi connectivity index (χ4n) is 2.66. The van der Waals surface area contributed by atoms with Gasteiger partial charge in [-0.2, -0.15) is 5.26 Å².